The minimum absolute atomic E-state index is 0.106. The number of pyridine rings is 1. The molecular formula is C17H21NO6. The number of esters is 1. The molecule has 0 bridgehead atoms. The highest BCUT2D eigenvalue weighted by Gasteiger charge is 2.21. The van der Waals surface area contributed by atoms with Crippen molar-refractivity contribution in [3.63, 3.8) is 0 Å². The van der Waals surface area contributed by atoms with Crippen LogP contribution in [0.25, 0.3) is 10.8 Å². The predicted molar refractivity (Wildman–Crippen MR) is 89.3 cm³/mol. The van der Waals surface area contributed by atoms with Crippen LogP contribution in [-0.2, 0) is 16.0 Å². The fourth-order valence-electron chi connectivity index (χ4n) is 2.77. The summed E-state index contributed by atoms with van der Waals surface area (Å²) in [6.07, 6.45) is 0.353. The molecule has 0 radical (unpaired) electrons. The molecule has 0 unspecified atom stereocenters. The molecule has 0 amide bonds. The summed E-state index contributed by atoms with van der Waals surface area (Å²) in [6, 6.07) is 1.73. The third-order valence-corrected chi connectivity index (χ3v) is 3.91. The summed E-state index contributed by atoms with van der Waals surface area (Å²) < 4.78 is 20.9. The number of benzene rings is 1. The maximum absolute atomic E-state index is 12.4. The second kappa shape index (κ2) is 7.25. The van der Waals surface area contributed by atoms with Crippen LogP contribution < -0.4 is 19.8 Å². The number of carbonyl (C=O) groups excluding carboxylic acids is 1. The molecule has 2 rings (SSSR count). The molecule has 7 nitrogen and oxygen atoms in total. The number of hydrogen-bond donors (Lipinski definition) is 1. The summed E-state index contributed by atoms with van der Waals surface area (Å²) >= 11 is 0. The number of ether oxygens (including phenoxy) is 4. The summed E-state index contributed by atoms with van der Waals surface area (Å²) in [5.41, 5.74) is 0.869. The van der Waals surface area contributed by atoms with Crippen molar-refractivity contribution in [2.24, 2.45) is 0 Å². The van der Waals surface area contributed by atoms with Gasteiger partial charge in [0.1, 0.15) is 0 Å². The fourth-order valence-corrected chi connectivity index (χ4v) is 2.77. The first-order valence-corrected chi connectivity index (χ1v) is 7.39. The number of fused-ring (bicyclic) bond motifs is 1. The van der Waals surface area contributed by atoms with Gasteiger partial charge in [0, 0.05) is 23.1 Å². The van der Waals surface area contributed by atoms with Gasteiger partial charge >= 0.3 is 5.97 Å². The molecule has 0 aliphatic heterocycles. The first-order valence-electron chi connectivity index (χ1n) is 7.39. The van der Waals surface area contributed by atoms with E-state index in [1.807, 2.05) is 0 Å². The number of H-pyrrole nitrogens is 1. The minimum Gasteiger partial charge on any atom is -0.493 e. The first-order chi connectivity index (χ1) is 11.5. The average molecular weight is 335 g/mol. The van der Waals surface area contributed by atoms with Crippen molar-refractivity contribution < 1.29 is 23.7 Å². The van der Waals surface area contributed by atoms with Gasteiger partial charge < -0.3 is 23.9 Å². The normalized spacial score (nSPS) is 10.5. The minimum atomic E-state index is -0.379. The summed E-state index contributed by atoms with van der Waals surface area (Å²) in [4.78, 5) is 26.6. The molecule has 1 aromatic carbocycles. The van der Waals surface area contributed by atoms with Gasteiger partial charge in [-0.05, 0) is 24.8 Å². The number of carbonyl (C=O) groups is 1. The standard InChI is InChI=1S/C17H21NO6/c1-9-14-11(8-12(21-2)15(23-4)16(14)24-5)10(17(20)18-9)6-7-13(19)22-3/h8H,6-7H2,1-5H3,(H,18,20). The Morgan fingerprint density at radius 1 is 1.08 bits per heavy atom. The van der Waals surface area contributed by atoms with Gasteiger partial charge in [0.2, 0.25) is 5.75 Å². The average Bonchev–Trinajstić information content (AvgIpc) is 2.58. The van der Waals surface area contributed by atoms with Crippen LogP contribution >= 0.6 is 0 Å². The number of nitrogens with one attached hydrogen (secondary N) is 1. The summed E-state index contributed by atoms with van der Waals surface area (Å²) in [5.74, 6) is 0.989. The second-order valence-electron chi connectivity index (χ2n) is 5.20. The van der Waals surface area contributed by atoms with Crippen LogP contribution in [-0.4, -0.2) is 39.4 Å². The monoisotopic (exact) mass is 335 g/mol. The summed E-state index contributed by atoms with van der Waals surface area (Å²) in [5, 5.41) is 1.38. The summed E-state index contributed by atoms with van der Waals surface area (Å²) in [7, 11) is 5.87. The maximum Gasteiger partial charge on any atom is 0.305 e. The smallest absolute Gasteiger partial charge is 0.305 e. The van der Waals surface area contributed by atoms with E-state index in [9.17, 15) is 9.59 Å². The van der Waals surface area contributed by atoms with E-state index in [1.54, 1.807) is 13.0 Å². The number of hydrogen-bond acceptors (Lipinski definition) is 6. The van der Waals surface area contributed by atoms with E-state index in [0.717, 1.165) is 5.39 Å². The molecule has 7 heteroatoms. The molecular weight excluding hydrogens is 314 g/mol. The SMILES string of the molecule is COC(=O)CCc1c(=O)[nH]c(C)c2c(OC)c(OC)c(OC)cc12. The largest absolute Gasteiger partial charge is 0.493 e. The van der Waals surface area contributed by atoms with E-state index in [0.29, 0.717) is 33.9 Å². The molecule has 0 spiro atoms. The zero-order valence-electron chi connectivity index (χ0n) is 14.4. The molecule has 0 atom stereocenters. The second-order valence-corrected chi connectivity index (χ2v) is 5.20. The Morgan fingerprint density at radius 2 is 1.75 bits per heavy atom. The molecule has 0 fully saturated rings. The van der Waals surface area contributed by atoms with Crippen LogP contribution in [0.15, 0.2) is 10.9 Å². The Bertz CT molecular complexity index is 824. The Kier molecular flexibility index (Phi) is 5.33. The quantitative estimate of drug-likeness (QED) is 0.812. The van der Waals surface area contributed by atoms with Crippen LogP contribution in [0.1, 0.15) is 17.7 Å². The van der Waals surface area contributed by atoms with Gasteiger partial charge in [-0.1, -0.05) is 0 Å². The Morgan fingerprint density at radius 3 is 2.29 bits per heavy atom. The topological polar surface area (TPSA) is 86.9 Å². The third kappa shape index (κ3) is 3.02. The van der Waals surface area contributed by atoms with Crippen LogP contribution in [0.4, 0.5) is 0 Å². The van der Waals surface area contributed by atoms with Crippen LogP contribution in [0.2, 0.25) is 0 Å². The van der Waals surface area contributed by atoms with Crippen molar-refractivity contribution in [3.05, 3.63) is 27.7 Å². The Labute approximate surface area is 139 Å². The lowest BCUT2D eigenvalue weighted by Gasteiger charge is -2.17. The molecule has 0 saturated carbocycles. The van der Waals surface area contributed by atoms with Crippen molar-refractivity contribution in [3.8, 4) is 17.2 Å². The van der Waals surface area contributed by atoms with Crippen LogP contribution in [0.3, 0.4) is 0 Å². The molecule has 24 heavy (non-hydrogen) atoms. The van der Waals surface area contributed by atoms with Crippen molar-refractivity contribution in [1.29, 1.82) is 0 Å². The number of methoxy groups -OCH3 is 4. The lowest BCUT2D eigenvalue weighted by Crippen LogP contribution is -2.17. The highest BCUT2D eigenvalue weighted by molar-refractivity contribution is 5.96. The van der Waals surface area contributed by atoms with Crippen LogP contribution in [0.5, 0.6) is 17.2 Å². The molecule has 0 aliphatic rings. The Balaban J connectivity index is 2.79. The van der Waals surface area contributed by atoms with Gasteiger partial charge in [0.05, 0.1) is 28.4 Å². The van der Waals surface area contributed by atoms with Crippen molar-refractivity contribution in [1.82, 2.24) is 4.98 Å². The van der Waals surface area contributed by atoms with Gasteiger partial charge in [0.25, 0.3) is 5.56 Å². The zero-order chi connectivity index (χ0) is 17.9. The zero-order valence-corrected chi connectivity index (χ0v) is 14.4. The molecule has 130 valence electrons. The van der Waals surface area contributed by atoms with E-state index >= 15 is 0 Å². The van der Waals surface area contributed by atoms with E-state index in [2.05, 4.69) is 9.72 Å². The molecule has 1 N–H and O–H groups in total. The molecule has 1 aromatic heterocycles. The van der Waals surface area contributed by atoms with Crippen molar-refractivity contribution in [2.45, 2.75) is 19.8 Å². The number of aromatic amines is 1. The highest BCUT2D eigenvalue weighted by Crippen LogP contribution is 2.44. The van der Waals surface area contributed by atoms with E-state index < -0.39 is 0 Å². The lowest BCUT2D eigenvalue weighted by molar-refractivity contribution is -0.140. The summed E-state index contributed by atoms with van der Waals surface area (Å²) in [6.45, 7) is 1.78. The molecule has 0 saturated heterocycles. The fraction of sp³-hybridized carbons (Fsp3) is 0.412. The Hall–Kier alpha value is -2.70. The number of rotatable bonds is 6. The van der Waals surface area contributed by atoms with Gasteiger partial charge in [-0.3, -0.25) is 9.59 Å². The maximum atomic E-state index is 12.4. The van der Waals surface area contributed by atoms with Gasteiger partial charge in [-0.25, -0.2) is 0 Å². The molecule has 1 heterocycles. The highest BCUT2D eigenvalue weighted by atomic mass is 16.5. The number of aromatic nitrogens is 1. The predicted octanol–water partition coefficient (Wildman–Crippen LogP) is 1.97. The first kappa shape index (κ1) is 17.7. The number of aryl methyl sites for hydroxylation is 2. The van der Waals surface area contributed by atoms with Gasteiger partial charge in [0.15, 0.2) is 11.5 Å². The van der Waals surface area contributed by atoms with Gasteiger partial charge in [-0.2, -0.15) is 0 Å². The van der Waals surface area contributed by atoms with Crippen molar-refractivity contribution >= 4 is 16.7 Å². The molecule has 2 aromatic rings. The van der Waals surface area contributed by atoms with Crippen molar-refractivity contribution in [2.75, 3.05) is 28.4 Å². The van der Waals surface area contributed by atoms with E-state index in [4.69, 9.17) is 14.2 Å². The third-order valence-electron chi connectivity index (χ3n) is 3.91. The van der Waals surface area contributed by atoms with Gasteiger partial charge in [-0.15, -0.1) is 0 Å². The lowest BCUT2D eigenvalue weighted by atomic mass is 9.99. The van der Waals surface area contributed by atoms with E-state index in [1.165, 1.54) is 28.4 Å². The molecule has 0 aliphatic carbocycles. The van der Waals surface area contributed by atoms with Crippen LogP contribution in [0, 0.1) is 6.92 Å². The van der Waals surface area contributed by atoms with E-state index in [-0.39, 0.29) is 24.4 Å².